The first-order valence-corrected chi connectivity index (χ1v) is 11.1. The second-order valence-electron chi connectivity index (χ2n) is 9.16. The Morgan fingerprint density at radius 3 is 2.30 bits per heavy atom. The number of hydrogen-bond donors (Lipinski definition) is 2. The van der Waals surface area contributed by atoms with Gasteiger partial charge in [0.25, 0.3) is 0 Å². The maximum Gasteiger partial charge on any atom is 0.416 e. The number of benzene rings is 2. The molecule has 11 heteroatoms. The molecule has 0 saturated heterocycles. The smallest absolute Gasteiger partial charge is 0.416 e. The molecule has 3 rings (SSSR count). The predicted octanol–water partition coefficient (Wildman–Crippen LogP) is 6.03. The third-order valence-corrected chi connectivity index (χ3v) is 4.94. The van der Waals surface area contributed by atoms with Crippen molar-refractivity contribution in [1.82, 2.24) is 9.97 Å². The SMILES string of the molecule is Cc1cc(NC(=O)CC(=O)c2cccc(-c3cnccn3)c2)c(NC(=O)OC(C)(C)C)cc1C(F)(F)F. The number of carbonyl (C=O) groups excluding carboxylic acids is 3. The summed E-state index contributed by atoms with van der Waals surface area (Å²) >= 11 is 0. The van der Waals surface area contributed by atoms with E-state index in [1.54, 1.807) is 39.0 Å². The second kappa shape index (κ2) is 10.8. The molecule has 3 aromatic rings. The Morgan fingerprint density at radius 1 is 0.973 bits per heavy atom. The van der Waals surface area contributed by atoms with Gasteiger partial charge in [0.15, 0.2) is 5.78 Å². The summed E-state index contributed by atoms with van der Waals surface area (Å²) in [5.41, 5.74) is -1.10. The molecule has 2 N–H and O–H groups in total. The van der Waals surface area contributed by atoms with E-state index in [1.807, 2.05) is 0 Å². The number of halogens is 3. The lowest BCUT2D eigenvalue weighted by Crippen LogP contribution is -2.28. The number of Topliss-reactive ketones (excluding diaryl/α,β-unsaturated/α-hetero) is 1. The molecule has 8 nitrogen and oxygen atoms in total. The summed E-state index contributed by atoms with van der Waals surface area (Å²) in [6, 6.07) is 8.26. The first-order valence-electron chi connectivity index (χ1n) is 11.1. The highest BCUT2D eigenvalue weighted by molar-refractivity contribution is 6.12. The van der Waals surface area contributed by atoms with Crippen LogP contribution in [0.1, 0.15) is 48.7 Å². The summed E-state index contributed by atoms with van der Waals surface area (Å²) in [7, 11) is 0. The van der Waals surface area contributed by atoms with E-state index >= 15 is 0 Å². The molecule has 0 saturated carbocycles. The van der Waals surface area contributed by atoms with Crippen molar-refractivity contribution >= 4 is 29.2 Å². The van der Waals surface area contributed by atoms with E-state index in [4.69, 9.17) is 4.74 Å². The molecule has 0 radical (unpaired) electrons. The van der Waals surface area contributed by atoms with E-state index in [-0.39, 0.29) is 22.5 Å². The molecular weight excluding hydrogens is 489 g/mol. The van der Waals surface area contributed by atoms with Crippen molar-refractivity contribution in [3.05, 3.63) is 71.7 Å². The van der Waals surface area contributed by atoms with Crippen molar-refractivity contribution in [3.63, 3.8) is 0 Å². The maximum atomic E-state index is 13.5. The molecule has 2 aromatic carbocycles. The molecule has 0 aliphatic rings. The number of alkyl halides is 3. The van der Waals surface area contributed by atoms with E-state index in [9.17, 15) is 27.6 Å². The molecule has 0 atom stereocenters. The van der Waals surface area contributed by atoms with Gasteiger partial charge in [-0.3, -0.25) is 24.9 Å². The number of hydrogen-bond acceptors (Lipinski definition) is 6. The van der Waals surface area contributed by atoms with Crippen LogP contribution >= 0.6 is 0 Å². The Kier molecular flexibility index (Phi) is 7.95. The van der Waals surface area contributed by atoms with Gasteiger partial charge in [0.2, 0.25) is 5.91 Å². The highest BCUT2D eigenvalue weighted by Gasteiger charge is 2.34. The number of anilines is 2. The molecule has 1 heterocycles. The van der Waals surface area contributed by atoms with Gasteiger partial charge in [0, 0.05) is 23.5 Å². The zero-order valence-electron chi connectivity index (χ0n) is 20.6. The van der Waals surface area contributed by atoms with E-state index in [0.717, 1.165) is 6.07 Å². The Hall–Kier alpha value is -4.28. The van der Waals surface area contributed by atoms with Crippen LogP contribution in [-0.4, -0.2) is 33.4 Å². The number of aryl methyl sites for hydroxylation is 1. The number of rotatable bonds is 6. The Balaban J connectivity index is 1.82. The number of carbonyl (C=O) groups is 3. The fraction of sp³-hybridized carbons (Fsp3) is 0.269. The first kappa shape index (κ1) is 27.3. The lowest BCUT2D eigenvalue weighted by atomic mass is 10.0. The Morgan fingerprint density at radius 2 is 1.68 bits per heavy atom. The lowest BCUT2D eigenvalue weighted by Gasteiger charge is -2.22. The van der Waals surface area contributed by atoms with Gasteiger partial charge in [-0.2, -0.15) is 13.2 Å². The number of nitrogens with zero attached hydrogens (tertiary/aromatic N) is 2. The highest BCUT2D eigenvalue weighted by atomic mass is 19.4. The van der Waals surface area contributed by atoms with E-state index in [0.29, 0.717) is 17.3 Å². The largest absolute Gasteiger partial charge is 0.444 e. The van der Waals surface area contributed by atoms with Crippen molar-refractivity contribution in [2.75, 3.05) is 10.6 Å². The van der Waals surface area contributed by atoms with Gasteiger partial charge in [0.1, 0.15) is 5.60 Å². The summed E-state index contributed by atoms with van der Waals surface area (Å²) in [6.07, 6.45) is -1.74. The first-order chi connectivity index (χ1) is 17.2. The molecular formula is C26H25F3N4O4. The molecule has 0 aliphatic carbocycles. The molecule has 0 unspecified atom stereocenters. The van der Waals surface area contributed by atoms with Gasteiger partial charge in [-0.1, -0.05) is 18.2 Å². The van der Waals surface area contributed by atoms with E-state index in [1.165, 1.54) is 31.6 Å². The average molecular weight is 515 g/mol. The second-order valence-corrected chi connectivity index (χ2v) is 9.16. The summed E-state index contributed by atoms with van der Waals surface area (Å²) in [6.45, 7) is 6.00. The van der Waals surface area contributed by atoms with Crippen LogP contribution < -0.4 is 10.6 Å². The number of amides is 2. The summed E-state index contributed by atoms with van der Waals surface area (Å²) in [5, 5.41) is 4.67. The van der Waals surface area contributed by atoms with Crippen LogP contribution in [0, 0.1) is 6.92 Å². The van der Waals surface area contributed by atoms with Crippen LogP contribution in [0.15, 0.2) is 55.0 Å². The lowest BCUT2D eigenvalue weighted by molar-refractivity contribution is -0.138. The molecule has 1 aromatic heterocycles. The van der Waals surface area contributed by atoms with Crippen LogP contribution in [0.5, 0.6) is 0 Å². The van der Waals surface area contributed by atoms with Crippen molar-refractivity contribution in [1.29, 1.82) is 0 Å². The normalized spacial score (nSPS) is 11.5. The van der Waals surface area contributed by atoms with Gasteiger partial charge in [-0.25, -0.2) is 4.79 Å². The summed E-state index contributed by atoms with van der Waals surface area (Å²) in [4.78, 5) is 45.9. The van der Waals surface area contributed by atoms with Gasteiger partial charge >= 0.3 is 12.3 Å². The van der Waals surface area contributed by atoms with Crippen LogP contribution in [0.2, 0.25) is 0 Å². The Labute approximate surface area is 211 Å². The number of aromatic nitrogens is 2. The van der Waals surface area contributed by atoms with Crippen LogP contribution in [0.4, 0.5) is 29.3 Å². The molecule has 0 fully saturated rings. The summed E-state index contributed by atoms with van der Waals surface area (Å²) < 4.78 is 45.5. The zero-order chi connectivity index (χ0) is 27.4. The minimum Gasteiger partial charge on any atom is -0.444 e. The van der Waals surface area contributed by atoms with Gasteiger partial charge in [-0.15, -0.1) is 0 Å². The monoisotopic (exact) mass is 514 g/mol. The zero-order valence-corrected chi connectivity index (χ0v) is 20.6. The minimum atomic E-state index is -4.69. The molecule has 2 amide bonds. The predicted molar refractivity (Wildman–Crippen MR) is 131 cm³/mol. The molecule has 37 heavy (non-hydrogen) atoms. The Bertz CT molecular complexity index is 1320. The topological polar surface area (TPSA) is 110 Å². The fourth-order valence-corrected chi connectivity index (χ4v) is 3.38. The van der Waals surface area contributed by atoms with Gasteiger partial charge in [0.05, 0.1) is 35.2 Å². The van der Waals surface area contributed by atoms with Crippen LogP contribution in [0.25, 0.3) is 11.3 Å². The van der Waals surface area contributed by atoms with Crippen LogP contribution in [-0.2, 0) is 15.7 Å². The van der Waals surface area contributed by atoms with E-state index < -0.39 is 41.5 Å². The average Bonchev–Trinajstić information content (AvgIpc) is 2.79. The van der Waals surface area contributed by atoms with Gasteiger partial charge < -0.3 is 10.1 Å². The number of nitrogens with one attached hydrogen (secondary N) is 2. The fourth-order valence-electron chi connectivity index (χ4n) is 3.38. The van der Waals surface area contributed by atoms with E-state index in [2.05, 4.69) is 20.6 Å². The molecule has 0 aliphatic heterocycles. The quantitative estimate of drug-likeness (QED) is 0.307. The van der Waals surface area contributed by atoms with Crippen molar-refractivity contribution in [2.24, 2.45) is 0 Å². The maximum absolute atomic E-state index is 13.5. The molecule has 0 bridgehead atoms. The minimum absolute atomic E-state index is 0.109. The van der Waals surface area contributed by atoms with Crippen LogP contribution in [0.3, 0.4) is 0 Å². The van der Waals surface area contributed by atoms with Gasteiger partial charge in [-0.05, 0) is 51.5 Å². The number of ketones is 1. The summed E-state index contributed by atoms with van der Waals surface area (Å²) in [5.74, 6) is -1.30. The van der Waals surface area contributed by atoms with Crippen molar-refractivity contribution < 1.29 is 32.3 Å². The molecule has 0 spiro atoms. The van der Waals surface area contributed by atoms with Crippen molar-refractivity contribution in [2.45, 2.75) is 45.9 Å². The highest BCUT2D eigenvalue weighted by Crippen LogP contribution is 2.37. The van der Waals surface area contributed by atoms with Crippen molar-refractivity contribution in [3.8, 4) is 11.3 Å². The molecule has 194 valence electrons. The third-order valence-electron chi connectivity index (χ3n) is 4.94. The standard InChI is InChI=1S/C26H25F3N4O4/c1-15-10-19(20(12-18(15)26(27,28)29)33-24(36)37-25(2,3)4)32-23(35)13-22(34)17-7-5-6-16(11-17)21-14-30-8-9-31-21/h5-12,14H,13H2,1-4H3,(H,32,35)(H,33,36). The third kappa shape index (κ3) is 7.60. The number of ether oxygens (including phenoxy) is 1.